The van der Waals surface area contributed by atoms with Crippen LogP contribution in [0.1, 0.15) is 29.7 Å². The summed E-state index contributed by atoms with van der Waals surface area (Å²) in [6.45, 7) is 3.94. The number of halogens is 1. The summed E-state index contributed by atoms with van der Waals surface area (Å²) in [6, 6.07) is 5.25. The van der Waals surface area contributed by atoms with E-state index in [9.17, 15) is 8.42 Å². The van der Waals surface area contributed by atoms with E-state index >= 15 is 0 Å². The number of sulfone groups is 1. The summed E-state index contributed by atoms with van der Waals surface area (Å²) in [5, 5.41) is 5.00. The number of hydrogen-bond donors (Lipinski definition) is 0. The molecule has 1 aromatic heterocycles. The second kappa shape index (κ2) is 6.13. The van der Waals surface area contributed by atoms with Crippen molar-refractivity contribution in [2.45, 2.75) is 32.9 Å². The molecule has 0 aliphatic carbocycles. The fourth-order valence-electron chi connectivity index (χ4n) is 2.75. The summed E-state index contributed by atoms with van der Waals surface area (Å²) in [4.78, 5) is 4.37. The van der Waals surface area contributed by atoms with Gasteiger partial charge in [0.1, 0.15) is 18.2 Å². The zero-order chi connectivity index (χ0) is 16.6. The lowest BCUT2D eigenvalue weighted by molar-refractivity contribution is 0.279. The average Bonchev–Trinajstić information content (AvgIpc) is 3.00. The van der Waals surface area contributed by atoms with Gasteiger partial charge < -0.3 is 4.74 Å². The molecule has 8 heteroatoms. The Labute approximate surface area is 140 Å². The molecule has 2 heterocycles. The van der Waals surface area contributed by atoms with Crippen molar-refractivity contribution in [3.05, 3.63) is 40.4 Å². The minimum Gasteiger partial charge on any atom is -0.485 e. The first kappa shape index (κ1) is 16.3. The molecule has 3 rings (SSSR count). The van der Waals surface area contributed by atoms with E-state index in [1.54, 1.807) is 17.7 Å². The Morgan fingerprint density at radius 3 is 2.83 bits per heavy atom. The Bertz CT molecular complexity index is 832. The summed E-state index contributed by atoms with van der Waals surface area (Å²) in [6.07, 6.45) is 0.568. The third kappa shape index (κ3) is 3.67. The van der Waals surface area contributed by atoms with Crippen molar-refractivity contribution in [1.82, 2.24) is 14.8 Å². The Morgan fingerprint density at radius 1 is 1.39 bits per heavy atom. The molecular formula is C15H18ClN3O3S. The second-order valence-corrected chi connectivity index (χ2v) is 8.44. The van der Waals surface area contributed by atoms with Crippen LogP contribution in [-0.4, -0.2) is 34.7 Å². The molecule has 0 saturated carbocycles. The van der Waals surface area contributed by atoms with Crippen molar-refractivity contribution in [2.24, 2.45) is 0 Å². The van der Waals surface area contributed by atoms with Crippen LogP contribution < -0.4 is 4.74 Å². The minimum atomic E-state index is -2.97. The maximum absolute atomic E-state index is 11.7. The predicted octanol–water partition coefficient (Wildman–Crippen LogP) is 2.49. The van der Waals surface area contributed by atoms with E-state index in [1.165, 1.54) is 0 Å². The van der Waals surface area contributed by atoms with Crippen LogP contribution in [0.25, 0.3) is 0 Å². The van der Waals surface area contributed by atoms with Crippen LogP contribution in [0, 0.1) is 13.8 Å². The van der Waals surface area contributed by atoms with Crippen molar-refractivity contribution >= 4 is 21.4 Å². The first-order valence-electron chi connectivity index (χ1n) is 7.35. The molecule has 0 spiro atoms. The Morgan fingerprint density at radius 2 is 2.17 bits per heavy atom. The molecule has 0 amide bonds. The molecule has 0 unspecified atom stereocenters. The molecular weight excluding hydrogens is 338 g/mol. The fourth-order valence-corrected chi connectivity index (χ4v) is 4.67. The van der Waals surface area contributed by atoms with Crippen molar-refractivity contribution in [3.63, 3.8) is 0 Å². The second-order valence-electron chi connectivity index (χ2n) is 5.78. The van der Waals surface area contributed by atoms with Crippen LogP contribution in [0.2, 0.25) is 5.02 Å². The SMILES string of the molecule is Cc1nc(COc2ccc(Cl)cc2C)n([C@H]2CCS(=O)(=O)C2)n1. The molecule has 23 heavy (non-hydrogen) atoms. The summed E-state index contributed by atoms with van der Waals surface area (Å²) >= 11 is 5.94. The number of rotatable bonds is 4. The van der Waals surface area contributed by atoms with Gasteiger partial charge in [-0.15, -0.1) is 0 Å². The fraction of sp³-hybridized carbons (Fsp3) is 0.467. The zero-order valence-corrected chi connectivity index (χ0v) is 14.6. The van der Waals surface area contributed by atoms with E-state index in [1.807, 2.05) is 19.1 Å². The number of aromatic nitrogens is 3. The van der Waals surface area contributed by atoms with Crippen LogP contribution in [-0.2, 0) is 16.4 Å². The maximum atomic E-state index is 11.7. The molecule has 0 bridgehead atoms. The molecule has 0 radical (unpaired) electrons. The smallest absolute Gasteiger partial charge is 0.165 e. The predicted molar refractivity (Wildman–Crippen MR) is 87.6 cm³/mol. The minimum absolute atomic E-state index is 0.114. The normalized spacial score (nSPS) is 19.9. The molecule has 6 nitrogen and oxygen atoms in total. The van der Waals surface area contributed by atoms with E-state index in [-0.39, 0.29) is 24.2 Å². The number of aryl methyl sites for hydroxylation is 2. The number of hydrogen-bond acceptors (Lipinski definition) is 5. The van der Waals surface area contributed by atoms with Crippen LogP contribution in [0.5, 0.6) is 5.75 Å². The monoisotopic (exact) mass is 355 g/mol. The van der Waals surface area contributed by atoms with Gasteiger partial charge in [0, 0.05) is 5.02 Å². The van der Waals surface area contributed by atoms with Gasteiger partial charge in [0.2, 0.25) is 0 Å². The number of nitrogens with zero attached hydrogens (tertiary/aromatic N) is 3. The van der Waals surface area contributed by atoms with Gasteiger partial charge in [-0.25, -0.2) is 18.1 Å². The first-order valence-corrected chi connectivity index (χ1v) is 9.55. The topological polar surface area (TPSA) is 74.1 Å². The molecule has 1 aromatic carbocycles. The first-order chi connectivity index (χ1) is 10.8. The van der Waals surface area contributed by atoms with E-state index in [4.69, 9.17) is 16.3 Å². The molecule has 124 valence electrons. The molecule has 1 aliphatic rings. The summed E-state index contributed by atoms with van der Waals surface area (Å²) < 4.78 is 30.9. The third-order valence-electron chi connectivity index (χ3n) is 3.86. The van der Waals surface area contributed by atoms with E-state index in [2.05, 4.69) is 10.1 Å². The lowest BCUT2D eigenvalue weighted by atomic mass is 10.2. The summed E-state index contributed by atoms with van der Waals surface area (Å²) in [5.41, 5.74) is 0.934. The van der Waals surface area contributed by atoms with Gasteiger partial charge in [-0.1, -0.05) is 11.6 Å². The highest BCUT2D eigenvalue weighted by Crippen LogP contribution is 2.26. The molecule has 1 saturated heterocycles. The molecule has 1 aliphatic heterocycles. The Balaban J connectivity index is 1.78. The van der Waals surface area contributed by atoms with Crippen molar-refractivity contribution in [3.8, 4) is 5.75 Å². The van der Waals surface area contributed by atoms with Gasteiger partial charge in [-0.2, -0.15) is 5.10 Å². The summed E-state index contributed by atoms with van der Waals surface area (Å²) in [5.74, 6) is 2.29. The molecule has 2 aromatic rings. The average molecular weight is 356 g/mol. The Hall–Kier alpha value is -1.60. The standard InChI is InChI=1S/C15H18ClN3O3S/c1-10-7-12(16)3-4-14(10)22-8-15-17-11(2)18-19(15)13-5-6-23(20,21)9-13/h3-4,7,13H,5-6,8-9H2,1-2H3/t13-/m0/s1. The van der Waals surface area contributed by atoms with Gasteiger partial charge in [-0.05, 0) is 44.0 Å². The van der Waals surface area contributed by atoms with Crippen LogP contribution in [0.3, 0.4) is 0 Å². The van der Waals surface area contributed by atoms with E-state index in [0.29, 0.717) is 23.1 Å². The molecule has 0 N–H and O–H groups in total. The van der Waals surface area contributed by atoms with Crippen molar-refractivity contribution in [2.75, 3.05) is 11.5 Å². The molecule has 1 fully saturated rings. The highest BCUT2D eigenvalue weighted by Gasteiger charge is 2.31. The van der Waals surface area contributed by atoms with Crippen molar-refractivity contribution in [1.29, 1.82) is 0 Å². The van der Waals surface area contributed by atoms with Crippen LogP contribution >= 0.6 is 11.6 Å². The van der Waals surface area contributed by atoms with Crippen LogP contribution in [0.4, 0.5) is 0 Å². The number of ether oxygens (including phenoxy) is 1. The van der Waals surface area contributed by atoms with E-state index < -0.39 is 9.84 Å². The lowest BCUT2D eigenvalue weighted by Gasteiger charge is -2.13. The Kier molecular flexibility index (Phi) is 4.33. The maximum Gasteiger partial charge on any atom is 0.165 e. The van der Waals surface area contributed by atoms with Crippen LogP contribution in [0.15, 0.2) is 18.2 Å². The lowest BCUT2D eigenvalue weighted by Crippen LogP contribution is -2.17. The van der Waals surface area contributed by atoms with Crippen molar-refractivity contribution < 1.29 is 13.2 Å². The van der Waals surface area contributed by atoms with Gasteiger partial charge in [0.05, 0.1) is 17.5 Å². The number of benzene rings is 1. The largest absolute Gasteiger partial charge is 0.485 e. The zero-order valence-electron chi connectivity index (χ0n) is 13.0. The van der Waals surface area contributed by atoms with Gasteiger partial charge in [0.15, 0.2) is 15.7 Å². The van der Waals surface area contributed by atoms with Gasteiger partial charge >= 0.3 is 0 Å². The third-order valence-corrected chi connectivity index (χ3v) is 5.84. The van der Waals surface area contributed by atoms with Gasteiger partial charge in [0.25, 0.3) is 0 Å². The quantitative estimate of drug-likeness (QED) is 0.842. The summed E-state index contributed by atoms with van der Waals surface area (Å²) in [7, 11) is -2.97. The van der Waals surface area contributed by atoms with E-state index in [0.717, 1.165) is 11.3 Å². The van der Waals surface area contributed by atoms with Gasteiger partial charge in [-0.3, -0.25) is 0 Å². The highest BCUT2D eigenvalue weighted by atomic mass is 35.5. The highest BCUT2D eigenvalue weighted by molar-refractivity contribution is 7.91. The molecule has 1 atom stereocenters.